The largest absolute Gasteiger partial charge is 0.472 e. The molecule has 0 spiro atoms. The van der Waals surface area contributed by atoms with Crippen LogP contribution in [0.1, 0.15) is 37.6 Å². The maximum atomic E-state index is 5.20. The number of furan rings is 1. The molecule has 0 radical (unpaired) electrons. The van der Waals surface area contributed by atoms with Gasteiger partial charge in [-0.1, -0.05) is 6.92 Å². The average Bonchev–Trinajstić information content (AvgIpc) is 3.01. The van der Waals surface area contributed by atoms with Gasteiger partial charge in [-0.05, 0) is 41.9 Å². The van der Waals surface area contributed by atoms with Crippen LogP contribution in [0.4, 0.5) is 0 Å². The van der Waals surface area contributed by atoms with Crippen LogP contribution < -0.4 is 5.32 Å². The predicted octanol–water partition coefficient (Wildman–Crippen LogP) is 3.35. The Hall–Kier alpha value is -1.07. The highest BCUT2D eigenvalue weighted by Gasteiger charge is 2.21. The molecule has 0 bridgehead atoms. The van der Waals surface area contributed by atoms with E-state index in [9.17, 15) is 0 Å². The Bertz CT molecular complexity index is 478. The lowest BCUT2D eigenvalue weighted by Gasteiger charge is -2.19. The molecule has 1 atom stereocenters. The fourth-order valence-corrected chi connectivity index (χ4v) is 2.54. The minimum atomic E-state index is 0.112. The summed E-state index contributed by atoms with van der Waals surface area (Å²) in [7, 11) is 0. The van der Waals surface area contributed by atoms with Crippen LogP contribution in [-0.2, 0) is 6.54 Å². The molecule has 0 saturated carbocycles. The molecule has 2 heterocycles. The van der Waals surface area contributed by atoms with Gasteiger partial charge in [0, 0.05) is 12.1 Å². The second-order valence-corrected chi connectivity index (χ2v) is 4.99. The Kier molecular flexibility index (Phi) is 4.60. The summed E-state index contributed by atoms with van der Waals surface area (Å²) in [5.41, 5.74) is 2.27. The number of halogens is 1. The first-order valence-electron chi connectivity index (χ1n) is 6.24. The normalized spacial score (nSPS) is 12.8. The third-order valence-electron chi connectivity index (χ3n) is 2.88. The first-order valence-corrected chi connectivity index (χ1v) is 7.03. The van der Waals surface area contributed by atoms with Gasteiger partial charge < -0.3 is 9.73 Å². The lowest BCUT2D eigenvalue weighted by atomic mass is 10.1. The number of nitrogens with one attached hydrogen (secondary N) is 1. The molecule has 0 amide bonds. The van der Waals surface area contributed by atoms with Crippen LogP contribution in [0.15, 0.2) is 33.7 Å². The van der Waals surface area contributed by atoms with E-state index in [0.717, 1.165) is 35.2 Å². The van der Waals surface area contributed by atoms with Crippen molar-refractivity contribution in [2.24, 2.45) is 0 Å². The average molecular weight is 312 g/mol. The molecule has 1 unspecified atom stereocenters. The SMILES string of the molecule is CCCNC(c1ccoc1)c1c(Br)cnn1CC. The second-order valence-electron chi connectivity index (χ2n) is 4.14. The number of hydrogen-bond acceptors (Lipinski definition) is 3. The van der Waals surface area contributed by atoms with Crippen LogP contribution in [0.5, 0.6) is 0 Å². The predicted molar refractivity (Wildman–Crippen MR) is 74.4 cm³/mol. The van der Waals surface area contributed by atoms with Crippen molar-refractivity contribution in [2.45, 2.75) is 32.9 Å². The van der Waals surface area contributed by atoms with Crippen molar-refractivity contribution in [1.82, 2.24) is 15.1 Å². The van der Waals surface area contributed by atoms with E-state index in [1.54, 1.807) is 12.5 Å². The minimum absolute atomic E-state index is 0.112. The zero-order valence-electron chi connectivity index (χ0n) is 10.7. The lowest BCUT2D eigenvalue weighted by Crippen LogP contribution is -2.25. The summed E-state index contributed by atoms with van der Waals surface area (Å²) >= 11 is 3.58. The van der Waals surface area contributed by atoms with Gasteiger partial charge in [-0.15, -0.1) is 0 Å². The minimum Gasteiger partial charge on any atom is -0.472 e. The highest BCUT2D eigenvalue weighted by atomic mass is 79.9. The Labute approximate surface area is 115 Å². The molecule has 0 aromatic carbocycles. The van der Waals surface area contributed by atoms with Gasteiger partial charge in [0.2, 0.25) is 0 Å². The van der Waals surface area contributed by atoms with Crippen LogP contribution in [-0.4, -0.2) is 16.3 Å². The number of aryl methyl sites for hydroxylation is 1. The molecule has 0 aliphatic carbocycles. The molecular weight excluding hydrogens is 294 g/mol. The summed E-state index contributed by atoms with van der Waals surface area (Å²) in [5.74, 6) is 0. The molecule has 0 aliphatic rings. The number of hydrogen-bond donors (Lipinski definition) is 1. The summed E-state index contributed by atoms with van der Waals surface area (Å²) in [6.45, 7) is 6.06. The van der Waals surface area contributed by atoms with Gasteiger partial charge in [0.05, 0.1) is 34.9 Å². The summed E-state index contributed by atoms with van der Waals surface area (Å²) < 4.78 is 8.23. The van der Waals surface area contributed by atoms with Crippen LogP contribution >= 0.6 is 15.9 Å². The summed E-state index contributed by atoms with van der Waals surface area (Å²) in [4.78, 5) is 0. The third kappa shape index (κ3) is 2.67. The highest BCUT2D eigenvalue weighted by molar-refractivity contribution is 9.10. The molecule has 1 N–H and O–H groups in total. The van der Waals surface area contributed by atoms with Gasteiger partial charge in [0.15, 0.2) is 0 Å². The standard InChI is InChI=1S/C13H18BrN3O/c1-3-6-15-12(10-5-7-18-9-10)13-11(14)8-16-17(13)4-2/h5,7-9,12,15H,3-4,6H2,1-2H3. The van der Waals surface area contributed by atoms with Crippen molar-refractivity contribution >= 4 is 15.9 Å². The van der Waals surface area contributed by atoms with Crippen LogP contribution in [0.2, 0.25) is 0 Å². The Morgan fingerprint density at radius 1 is 1.50 bits per heavy atom. The molecule has 0 saturated heterocycles. The van der Waals surface area contributed by atoms with Crippen molar-refractivity contribution in [2.75, 3.05) is 6.54 Å². The van der Waals surface area contributed by atoms with Crippen molar-refractivity contribution in [1.29, 1.82) is 0 Å². The zero-order valence-corrected chi connectivity index (χ0v) is 12.3. The van der Waals surface area contributed by atoms with E-state index in [4.69, 9.17) is 4.42 Å². The summed E-state index contributed by atoms with van der Waals surface area (Å²) in [6.07, 6.45) is 6.43. The van der Waals surface area contributed by atoms with Crippen LogP contribution in [0.3, 0.4) is 0 Å². The van der Waals surface area contributed by atoms with E-state index in [1.807, 2.05) is 16.9 Å². The molecule has 2 rings (SSSR count). The van der Waals surface area contributed by atoms with E-state index < -0.39 is 0 Å². The first kappa shape index (κ1) is 13.4. The Morgan fingerprint density at radius 2 is 2.33 bits per heavy atom. The van der Waals surface area contributed by atoms with Crippen LogP contribution in [0, 0.1) is 0 Å². The molecule has 98 valence electrons. The molecule has 5 heteroatoms. The summed E-state index contributed by atoms with van der Waals surface area (Å²) in [5, 5.41) is 7.91. The van der Waals surface area contributed by atoms with Gasteiger partial charge in [-0.2, -0.15) is 5.10 Å². The van der Waals surface area contributed by atoms with Crippen molar-refractivity contribution in [3.8, 4) is 0 Å². The number of nitrogens with zero attached hydrogens (tertiary/aromatic N) is 2. The molecule has 0 aliphatic heterocycles. The molecule has 2 aromatic rings. The smallest absolute Gasteiger partial charge is 0.0954 e. The topological polar surface area (TPSA) is 43.0 Å². The fourth-order valence-electron chi connectivity index (χ4n) is 2.01. The van der Waals surface area contributed by atoms with Crippen molar-refractivity contribution in [3.05, 3.63) is 40.5 Å². The van der Waals surface area contributed by atoms with Crippen molar-refractivity contribution in [3.63, 3.8) is 0 Å². The first-order chi connectivity index (χ1) is 8.77. The van der Waals surface area contributed by atoms with Gasteiger partial charge in [0.25, 0.3) is 0 Å². The Morgan fingerprint density at radius 3 is 2.94 bits per heavy atom. The van der Waals surface area contributed by atoms with E-state index in [1.165, 1.54) is 0 Å². The second kappa shape index (κ2) is 6.20. The molecular formula is C13H18BrN3O. The number of aromatic nitrogens is 2. The monoisotopic (exact) mass is 311 g/mol. The third-order valence-corrected chi connectivity index (χ3v) is 3.49. The van der Waals surface area contributed by atoms with Gasteiger partial charge in [-0.25, -0.2) is 0 Å². The maximum Gasteiger partial charge on any atom is 0.0954 e. The molecule has 2 aromatic heterocycles. The fraction of sp³-hybridized carbons (Fsp3) is 0.462. The van der Waals surface area contributed by atoms with Gasteiger partial charge >= 0.3 is 0 Å². The van der Waals surface area contributed by atoms with E-state index in [-0.39, 0.29) is 6.04 Å². The molecule has 0 fully saturated rings. The number of rotatable bonds is 6. The summed E-state index contributed by atoms with van der Waals surface area (Å²) in [6, 6.07) is 2.10. The highest BCUT2D eigenvalue weighted by Crippen LogP contribution is 2.28. The van der Waals surface area contributed by atoms with E-state index >= 15 is 0 Å². The van der Waals surface area contributed by atoms with E-state index in [2.05, 4.69) is 40.2 Å². The van der Waals surface area contributed by atoms with Crippen molar-refractivity contribution < 1.29 is 4.42 Å². The lowest BCUT2D eigenvalue weighted by molar-refractivity contribution is 0.515. The quantitative estimate of drug-likeness (QED) is 0.889. The molecule has 18 heavy (non-hydrogen) atoms. The Balaban J connectivity index is 2.36. The zero-order chi connectivity index (χ0) is 13.0. The van der Waals surface area contributed by atoms with Gasteiger partial charge in [0.1, 0.15) is 0 Å². The van der Waals surface area contributed by atoms with E-state index in [0.29, 0.717) is 0 Å². The molecule has 4 nitrogen and oxygen atoms in total. The maximum absolute atomic E-state index is 5.20. The van der Waals surface area contributed by atoms with Gasteiger partial charge in [-0.3, -0.25) is 4.68 Å². The van der Waals surface area contributed by atoms with Crippen LogP contribution in [0.25, 0.3) is 0 Å².